The average Bonchev–Trinajstić information content (AvgIpc) is 2.26. The standard InChI is InChI=1S/C10H10ClN3O2/c1-2-3-4-5-12-10-9(14(15)16)6-8(11)7-13-10/h1,6-7H,3-5H2,(H,12,13). The number of pyridine rings is 1. The smallest absolute Gasteiger partial charge is 0.312 e. The highest BCUT2D eigenvalue weighted by Gasteiger charge is 2.15. The summed E-state index contributed by atoms with van der Waals surface area (Å²) in [6, 6.07) is 1.26. The van der Waals surface area contributed by atoms with Crippen LogP contribution in [0.1, 0.15) is 12.8 Å². The molecular weight excluding hydrogens is 230 g/mol. The van der Waals surface area contributed by atoms with Gasteiger partial charge in [0, 0.05) is 25.2 Å². The molecule has 0 aromatic carbocycles. The van der Waals surface area contributed by atoms with Crippen LogP contribution in [0.25, 0.3) is 0 Å². The van der Waals surface area contributed by atoms with E-state index in [1.807, 2.05) is 0 Å². The number of unbranched alkanes of at least 4 members (excludes halogenated alkanes) is 1. The van der Waals surface area contributed by atoms with Gasteiger partial charge in [0.1, 0.15) is 0 Å². The van der Waals surface area contributed by atoms with Crippen LogP contribution in [-0.2, 0) is 0 Å². The number of hydrogen-bond donors (Lipinski definition) is 1. The molecule has 6 heteroatoms. The number of rotatable bonds is 5. The highest BCUT2D eigenvalue weighted by Crippen LogP contribution is 2.24. The molecule has 5 nitrogen and oxygen atoms in total. The average molecular weight is 240 g/mol. The van der Waals surface area contributed by atoms with E-state index < -0.39 is 4.92 Å². The number of anilines is 1. The van der Waals surface area contributed by atoms with Crippen molar-refractivity contribution in [3.05, 3.63) is 27.4 Å². The van der Waals surface area contributed by atoms with Gasteiger partial charge in [0.2, 0.25) is 5.82 Å². The molecule has 0 bridgehead atoms. The fraction of sp³-hybridized carbons (Fsp3) is 0.300. The van der Waals surface area contributed by atoms with Crippen molar-refractivity contribution in [2.75, 3.05) is 11.9 Å². The normalized spacial score (nSPS) is 9.50. The van der Waals surface area contributed by atoms with Crippen molar-refractivity contribution in [2.45, 2.75) is 12.8 Å². The highest BCUT2D eigenvalue weighted by atomic mass is 35.5. The van der Waals surface area contributed by atoms with Crippen LogP contribution in [0.5, 0.6) is 0 Å². The molecule has 1 rings (SSSR count). The molecule has 0 aliphatic rings. The van der Waals surface area contributed by atoms with Crippen LogP contribution < -0.4 is 5.32 Å². The van der Waals surface area contributed by atoms with E-state index in [2.05, 4.69) is 16.2 Å². The lowest BCUT2D eigenvalue weighted by Gasteiger charge is -2.04. The molecule has 0 aliphatic heterocycles. The minimum absolute atomic E-state index is 0.131. The Hall–Kier alpha value is -1.80. The van der Waals surface area contributed by atoms with Gasteiger partial charge in [-0.3, -0.25) is 10.1 Å². The Bertz CT molecular complexity index is 429. The quantitative estimate of drug-likeness (QED) is 0.371. The Morgan fingerprint density at radius 1 is 1.69 bits per heavy atom. The Labute approximate surface area is 98.0 Å². The maximum absolute atomic E-state index is 10.7. The SMILES string of the molecule is C#CCCCNc1ncc(Cl)cc1[N+](=O)[O-]. The molecule has 0 saturated heterocycles. The van der Waals surface area contributed by atoms with Crippen LogP contribution in [0.3, 0.4) is 0 Å². The second-order valence-electron chi connectivity index (χ2n) is 3.01. The first-order valence-corrected chi connectivity index (χ1v) is 5.00. The second kappa shape index (κ2) is 5.93. The first-order valence-electron chi connectivity index (χ1n) is 4.62. The van der Waals surface area contributed by atoms with Gasteiger partial charge < -0.3 is 5.32 Å². The van der Waals surface area contributed by atoms with Crippen molar-refractivity contribution < 1.29 is 4.92 Å². The summed E-state index contributed by atoms with van der Waals surface area (Å²) in [6.07, 6.45) is 7.80. The lowest BCUT2D eigenvalue weighted by molar-refractivity contribution is -0.384. The largest absolute Gasteiger partial charge is 0.364 e. The van der Waals surface area contributed by atoms with E-state index in [1.165, 1.54) is 12.3 Å². The summed E-state index contributed by atoms with van der Waals surface area (Å²) in [5, 5.41) is 13.8. The molecule has 1 aromatic rings. The van der Waals surface area contributed by atoms with Crippen LogP contribution in [0.4, 0.5) is 11.5 Å². The maximum Gasteiger partial charge on any atom is 0.312 e. The van der Waals surface area contributed by atoms with Gasteiger partial charge in [0.05, 0.1) is 9.95 Å². The van der Waals surface area contributed by atoms with Crippen molar-refractivity contribution >= 4 is 23.1 Å². The number of nitro groups is 1. The second-order valence-corrected chi connectivity index (χ2v) is 3.45. The first kappa shape index (κ1) is 12.3. The number of hydrogen-bond acceptors (Lipinski definition) is 4. The Balaban J connectivity index is 2.72. The van der Waals surface area contributed by atoms with Crippen molar-refractivity contribution in [3.8, 4) is 12.3 Å². The van der Waals surface area contributed by atoms with Crippen LogP contribution >= 0.6 is 11.6 Å². The molecule has 16 heavy (non-hydrogen) atoms. The molecule has 0 radical (unpaired) electrons. The van der Waals surface area contributed by atoms with E-state index in [1.54, 1.807) is 0 Å². The first-order chi connectivity index (χ1) is 7.65. The summed E-state index contributed by atoms with van der Waals surface area (Å²) in [5.41, 5.74) is -0.131. The number of terminal acetylenes is 1. The fourth-order valence-electron chi connectivity index (χ4n) is 1.10. The molecule has 0 fully saturated rings. The van der Waals surface area contributed by atoms with E-state index in [4.69, 9.17) is 18.0 Å². The molecule has 1 heterocycles. The predicted molar refractivity (Wildman–Crippen MR) is 62.5 cm³/mol. The van der Waals surface area contributed by atoms with Gasteiger partial charge in [-0.25, -0.2) is 4.98 Å². The summed E-state index contributed by atoms with van der Waals surface area (Å²) >= 11 is 5.62. The lowest BCUT2D eigenvalue weighted by Crippen LogP contribution is -2.05. The van der Waals surface area contributed by atoms with Crippen LogP contribution in [0, 0.1) is 22.5 Å². The van der Waals surface area contributed by atoms with Crippen molar-refractivity contribution in [1.82, 2.24) is 4.98 Å². The highest BCUT2D eigenvalue weighted by molar-refractivity contribution is 6.30. The van der Waals surface area contributed by atoms with Crippen LogP contribution in [0.2, 0.25) is 5.02 Å². The molecule has 0 amide bonds. The summed E-state index contributed by atoms with van der Waals surface area (Å²) in [6.45, 7) is 0.541. The molecular formula is C10H10ClN3O2. The third kappa shape index (κ3) is 3.41. The van der Waals surface area contributed by atoms with Gasteiger partial charge in [0.15, 0.2) is 0 Å². The third-order valence-corrected chi connectivity index (χ3v) is 2.03. The van der Waals surface area contributed by atoms with E-state index in [0.717, 1.165) is 6.42 Å². The van der Waals surface area contributed by atoms with Crippen LogP contribution in [0.15, 0.2) is 12.3 Å². The summed E-state index contributed by atoms with van der Waals surface area (Å²) in [7, 11) is 0. The van der Waals surface area contributed by atoms with E-state index in [-0.39, 0.29) is 16.5 Å². The Morgan fingerprint density at radius 2 is 2.44 bits per heavy atom. The predicted octanol–water partition coefficient (Wildman–Crippen LogP) is 2.47. The zero-order chi connectivity index (χ0) is 12.0. The summed E-state index contributed by atoms with van der Waals surface area (Å²) in [5.74, 6) is 2.70. The molecule has 0 saturated carbocycles. The summed E-state index contributed by atoms with van der Waals surface area (Å²) in [4.78, 5) is 14.0. The van der Waals surface area contributed by atoms with E-state index in [0.29, 0.717) is 13.0 Å². The molecule has 0 spiro atoms. The van der Waals surface area contributed by atoms with Gasteiger partial charge in [-0.1, -0.05) is 11.6 Å². The van der Waals surface area contributed by atoms with Gasteiger partial charge in [-0.15, -0.1) is 12.3 Å². The molecule has 0 unspecified atom stereocenters. The van der Waals surface area contributed by atoms with Crippen molar-refractivity contribution in [1.29, 1.82) is 0 Å². The molecule has 1 aromatic heterocycles. The van der Waals surface area contributed by atoms with Crippen LogP contribution in [-0.4, -0.2) is 16.5 Å². The lowest BCUT2D eigenvalue weighted by atomic mass is 10.3. The Kier molecular flexibility index (Phi) is 4.55. The minimum Gasteiger partial charge on any atom is -0.364 e. The Morgan fingerprint density at radius 3 is 3.06 bits per heavy atom. The third-order valence-electron chi connectivity index (χ3n) is 1.82. The van der Waals surface area contributed by atoms with Crippen molar-refractivity contribution in [2.24, 2.45) is 0 Å². The fourth-order valence-corrected chi connectivity index (χ4v) is 1.25. The molecule has 0 atom stereocenters. The molecule has 84 valence electrons. The number of aromatic nitrogens is 1. The van der Waals surface area contributed by atoms with E-state index in [9.17, 15) is 10.1 Å². The van der Waals surface area contributed by atoms with Gasteiger partial charge >= 0.3 is 5.69 Å². The monoisotopic (exact) mass is 239 g/mol. The number of nitrogens with one attached hydrogen (secondary N) is 1. The van der Waals surface area contributed by atoms with Crippen molar-refractivity contribution in [3.63, 3.8) is 0 Å². The topological polar surface area (TPSA) is 68.1 Å². The number of halogens is 1. The maximum atomic E-state index is 10.7. The molecule has 1 N–H and O–H groups in total. The minimum atomic E-state index is -0.525. The van der Waals surface area contributed by atoms with Gasteiger partial charge in [-0.2, -0.15) is 0 Å². The van der Waals surface area contributed by atoms with Gasteiger partial charge in [-0.05, 0) is 6.42 Å². The zero-order valence-electron chi connectivity index (χ0n) is 8.44. The zero-order valence-corrected chi connectivity index (χ0v) is 9.20. The number of nitrogens with zero attached hydrogens (tertiary/aromatic N) is 2. The van der Waals surface area contributed by atoms with Gasteiger partial charge in [0.25, 0.3) is 0 Å². The molecule has 0 aliphatic carbocycles. The summed E-state index contributed by atoms with van der Waals surface area (Å²) < 4.78 is 0. The van der Waals surface area contributed by atoms with E-state index >= 15 is 0 Å².